The molecule has 2 heterocycles. The Morgan fingerprint density at radius 1 is 1.36 bits per heavy atom. The van der Waals surface area contributed by atoms with Crippen LogP contribution in [0.3, 0.4) is 0 Å². The van der Waals surface area contributed by atoms with Crippen molar-refractivity contribution in [2.45, 2.75) is 77.2 Å². The molecule has 2 aliphatic rings. The van der Waals surface area contributed by atoms with E-state index in [1.165, 1.54) is 6.07 Å². The highest BCUT2D eigenvalue weighted by Crippen LogP contribution is 2.43. The largest absolute Gasteiger partial charge is 0.444 e. The zero-order valence-electron chi connectivity index (χ0n) is 19.5. The van der Waals surface area contributed by atoms with E-state index in [0.29, 0.717) is 11.1 Å². The summed E-state index contributed by atoms with van der Waals surface area (Å²) in [5.74, 6) is -0.629. The van der Waals surface area contributed by atoms with Crippen molar-refractivity contribution >= 4 is 12.0 Å². The van der Waals surface area contributed by atoms with Gasteiger partial charge in [0.25, 0.3) is 0 Å². The first-order chi connectivity index (χ1) is 15.5. The molecule has 4 N–H and O–H groups in total. The summed E-state index contributed by atoms with van der Waals surface area (Å²) in [7, 11) is 0. The lowest BCUT2D eigenvalue weighted by atomic mass is 9.97. The predicted octanol–water partition coefficient (Wildman–Crippen LogP) is 3.26. The molecule has 2 bridgehead atoms. The lowest BCUT2D eigenvalue weighted by molar-refractivity contribution is -0.128. The molecule has 1 aliphatic carbocycles. The van der Waals surface area contributed by atoms with E-state index in [1.807, 2.05) is 6.92 Å². The molecule has 1 aliphatic heterocycles. The molecule has 4 atom stereocenters. The number of aromatic nitrogens is 2. The van der Waals surface area contributed by atoms with Crippen molar-refractivity contribution in [3.63, 3.8) is 0 Å². The second-order valence-electron chi connectivity index (χ2n) is 10.1. The van der Waals surface area contributed by atoms with Crippen molar-refractivity contribution in [1.82, 2.24) is 20.4 Å². The molecule has 2 amide bonds. The highest BCUT2D eigenvalue weighted by molar-refractivity contribution is 5.87. The number of fused-ring (bicyclic) bond motifs is 2. The van der Waals surface area contributed by atoms with E-state index in [1.54, 1.807) is 44.0 Å². The van der Waals surface area contributed by atoms with Gasteiger partial charge in [-0.3, -0.25) is 14.8 Å². The van der Waals surface area contributed by atoms with E-state index >= 15 is 0 Å². The SMILES string of the molecule is Cc1cn[nH]c1-c1ccc(CC(N)NC(=O)C2C3CCC(C3)N2C(=O)OC(C)(C)C)c(F)c1. The molecule has 8 nitrogen and oxygen atoms in total. The Bertz CT molecular complexity index is 1050. The van der Waals surface area contributed by atoms with Gasteiger partial charge in [-0.15, -0.1) is 0 Å². The van der Waals surface area contributed by atoms with Crippen LogP contribution in [0.25, 0.3) is 11.3 Å². The van der Waals surface area contributed by atoms with Gasteiger partial charge in [0.15, 0.2) is 0 Å². The lowest BCUT2D eigenvalue weighted by Crippen LogP contribution is -2.57. The van der Waals surface area contributed by atoms with Crippen LogP contribution in [0.15, 0.2) is 24.4 Å². The number of aryl methyl sites for hydroxylation is 1. The monoisotopic (exact) mass is 457 g/mol. The molecule has 0 radical (unpaired) electrons. The third-order valence-corrected chi connectivity index (χ3v) is 6.40. The normalized spacial score (nSPS) is 23.0. The van der Waals surface area contributed by atoms with Gasteiger partial charge in [-0.25, -0.2) is 9.18 Å². The van der Waals surface area contributed by atoms with Gasteiger partial charge < -0.3 is 15.8 Å². The first-order valence-corrected chi connectivity index (χ1v) is 11.4. The summed E-state index contributed by atoms with van der Waals surface area (Å²) >= 11 is 0. The maximum atomic E-state index is 14.7. The summed E-state index contributed by atoms with van der Waals surface area (Å²) in [6.45, 7) is 7.30. The average molecular weight is 458 g/mol. The van der Waals surface area contributed by atoms with Crippen molar-refractivity contribution in [2.24, 2.45) is 11.7 Å². The van der Waals surface area contributed by atoms with E-state index < -0.39 is 29.7 Å². The zero-order valence-corrected chi connectivity index (χ0v) is 19.5. The summed E-state index contributed by atoms with van der Waals surface area (Å²) in [6.07, 6.45) is 3.10. The number of piperidine rings is 1. The van der Waals surface area contributed by atoms with Crippen LogP contribution >= 0.6 is 0 Å². The molecule has 1 aromatic heterocycles. The minimum Gasteiger partial charge on any atom is -0.444 e. The lowest BCUT2D eigenvalue weighted by Gasteiger charge is -2.36. The van der Waals surface area contributed by atoms with Crippen LogP contribution in [-0.2, 0) is 16.0 Å². The number of halogens is 1. The molecule has 9 heteroatoms. The number of nitrogens with one attached hydrogen (secondary N) is 2. The fourth-order valence-corrected chi connectivity index (χ4v) is 4.97. The molecule has 2 aromatic rings. The number of amides is 2. The minimum absolute atomic E-state index is 0.00718. The third-order valence-electron chi connectivity index (χ3n) is 6.40. The fourth-order valence-electron chi connectivity index (χ4n) is 4.97. The highest BCUT2D eigenvalue weighted by Gasteiger charge is 2.52. The third kappa shape index (κ3) is 4.88. The van der Waals surface area contributed by atoms with Crippen molar-refractivity contribution in [3.8, 4) is 11.3 Å². The Hall–Kier alpha value is -2.94. The fraction of sp³-hybridized carbons (Fsp3) is 0.542. The van der Waals surface area contributed by atoms with E-state index in [4.69, 9.17) is 10.5 Å². The molecule has 178 valence electrons. The molecular weight excluding hydrogens is 425 g/mol. The second kappa shape index (κ2) is 8.78. The predicted molar refractivity (Wildman–Crippen MR) is 122 cm³/mol. The number of rotatable bonds is 5. The number of likely N-dealkylation sites (tertiary alicyclic amines) is 1. The van der Waals surface area contributed by atoms with Crippen molar-refractivity contribution < 1.29 is 18.7 Å². The average Bonchev–Trinajstić information content (AvgIpc) is 3.43. The number of carbonyl (C=O) groups excluding carboxylic acids is 2. The van der Waals surface area contributed by atoms with Gasteiger partial charge in [0.05, 0.1) is 18.1 Å². The highest BCUT2D eigenvalue weighted by atomic mass is 19.1. The maximum Gasteiger partial charge on any atom is 0.411 e. The molecule has 1 aromatic carbocycles. The molecular formula is C24H32FN5O3. The van der Waals surface area contributed by atoms with Crippen LogP contribution in [0.2, 0.25) is 0 Å². The van der Waals surface area contributed by atoms with Gasteiger partial charge in [-0.05, 0) is 70.1 Å². The molecule has 1 saturated carbocycles. The topological polar surface area (TPSA) is 113 Å². The van der Waals surface area contributed by atoms with E-state index in [2.05, 4.69) is 15.5 Å². The van der Waals surface area contributed by atoms with E-state index in [0.717, 1.165) is 30.5 Å². The maximum absolute atomic E-state index is 14.7. The molecule has 4 unspecified atom stereocenters. The number of ether oxygens (including phenoxy) is 1. The summed E-state index contributed by atoms with van der Waals surface area (Å²) < 4.78 is 20.3. The standard InChI is InChI=1S/C24H32FN5O3/c1-13-12-27-29-20(13)15-6-5-14(18(25)10-15)11-19(26)28-22(31)21-16-7-8-17(9-16)30(21)23(32)33-24(2,3)4/h5-6,10,12,16-17,19,21H,7-9,11,26H2,1-4H3,(H,27,29)(H,28,31). The molecule has 1 saturated heterocycles. The van der Waals surface area contributed by atoms with Crippen LogP contribution in [-0.4, -0.2) is 50.9 Å². The van der Waals surface area contributed by atoms with Crippen molar-refractivity contribution in [3.05, 3.63) is 41.3 Å². The molecule has 4 rings (SSSR count). The van der Waals surface area contributed by atoms with E-state index in [9.17, 15) is 14.0 Å². The molecule has 2 fully saturated rings. The van der Waals surface area contributed by atoms with Crippen LogP contribution in [0, 0.1) is 18.7 Å². The summed E-state index contributed by atoms with van der Waals surface area (Å²) in [6, 6.07) is 4.30. The number of hydrogen-bond acceptors (Lipinski definition) is 5. The number of nitrogens with two attached hydrogens (primary N) is 1. The van der Waals surface area contributed by atoms with E-state index in [-0.39, 0.29) is 24.3 Å². The van der Waals surface area contributed by atoms with Crippen LogP contribution in [0.4, 0.5) is 9.18 Å². The van der Waals surface area contributed by atoms with Gasteiger partial charge in [0.2, 0.25) is 5.91 Å². The van der Waals surface area contributed by atoms with Crippen LogP contribution in [0.1, 0.15) is 51.2 Å². The number of nitrogens with zero attached hydrogens (tertiary/aromatic N) is 2. The summed E-state index contributed by atoms with van der Waals surface area (Å²) in [5.41, 5.74) is 8.31. The van der Waals surface area contributed by atoms with Crippen molar-refractivity contribution in [1.29, 1.82) is 0 Å². The Labute approximate surface area is 193 Å². The first-order valence-electron chi connectivity index (χ1n) is 11.4. The summed E-state index contributed by atoms with van der Waals surface area (Å²) in [5, 5.41) is 9.63. The zero-order chi connectivity index (χ0) is 23.9. The number of benzene rings is 1. The second-order valence-corrected chi connectivity index (χ2v) is 10.1. The quantitative estimate of drug-likeness (QED) is 0.597. The van der Waals surface area contributed by atoms with Gasteiger partial charge in [-0.1, -0.05) is 12.1 Å². The molecule has 0 spiro atoms. The minimum atomic E-state index is -0.786. The number of aromatic amines is 1. The van der Waals surface area contributed by atoms with Crippen LogP contribution < -0.4 is 11.1 Å². The van der Waals surface area contributed by atoms with Gasteiger partial charge in [0, 0.05) is 18.0 Å². The smallest absolute Gasteiger partial charge is 0.411 e. The van der Waals surface area contributed by atoms with Crippen molar-refractivity contribution in [2.75, 3.05) is 0 Å². The van der Waals surface area contributed by atoms with Gasteiger partial charge in [-0.2, -0.15) is 5.10 Å². The summed E-state index contributed by atoms with van der Waals surface area (Å²) in [4.78, 5) is 27.5. The first kappa shape index (κ1) is 23.2. The Morgan fingerprint density at radius 2 is 2.12 bits per heavy atom. The number of carbonyl (C=O) groups is 2. The Balaban J connectivity index is 1.42. The Morgan fingerprint density at radius 3 is 2.76 bits per heavy atom. The molecule has 33 heavy (non-hydrogen) atoms. The van der Waals surface area contributed by atoms with Gasteiger partial charge >= 0.3 is 6.09 Å². The number of H-pyrrole nitrogens is 1. The number of hydrogen-bond donors (Lipinski definition) is 3. The van der Waals surface area contributed by atoms with Gasteiger partial charge in [0.1, 0.15) is 17.5 Å². The Kier molecular flexibility index (Phi) is 6.18. The van der Waals surface area contributed by atoms with Crippen LogP contribution in [0.5, 0.6) is 0 Å².